The van der Waals surface area contributed by atoms with E-state index in [1.807, 2.05) is 19.0 Å². The molecular formula is C18H24F3N3O4. The van der Waals surface area contributed by atoms with Crippen LogP contribution in [0.15, 0.2) is 18.5 Å². The number of aliphatic hydroxyl groups excluding tert-OH is 1. The van der Waals surface area contributed by atoms with Crippen LogP contribution in [-0.2, 0) is 11.0 Å². The quantitative estimate of drug-likeness (QED) is 0.729. The SMILES string of the molecule is CN(C)[C@@H]1C[C@@H]2CN(C(=O)c3cnccc3C(F)(F)F)C[C@@H]2C[C@H]1O.O=CO. The van der Waals surface area contributed by atoms with Crippen molar-refractivity contribution < 1.29 is 33.0 Å². The Bertz CT molecular complexity index is 699. The second kappa shape index (κ2) is 8.87. The molecule has 0 bridgehead atoms. The summed E-state index contributed by atoms with van der Waals surface area (Å²) in [6.45, 7) is 0.555. The molecule has 7 nitrogen and oxygen atoms in total. The van der Waals surface area contributed by atoms with Gasteiger partial charge < -0.3 is 20.0 Å². The summed E-state index contributed by atoms with van der Waals surface area (Å²) in [5, 5.41) is 17.2. The molecule has 1 aromatic rings. The van der Waals surface area contributed by atoms with Crippen molar-refractivity contribution >= 4 is 12.4 Å². The summed E-state index contributed by atoms with van der Waals surface area (Å²) in [5.41, 5.74) is -1.35. The van der Waals surface area contributed by atoms with Gasteiger partial charge in [0.2, 0.25) is 0 Å². The molecule has 2 heterocycles. The Morgan fingerprint density at radius 3 is 2.39 bits per heavy atom. The van der Waals surface area contributed by atoms with Crippen molar-refractivity contribution in [1.82, 2.24) is 14.8 Å². The smallest absolute Gasteiger partial charge is 0.417 e. The fourth-order valence-electron chi connectivity index (χ4n) is 4.11. The maximum atomic E-state index is 13.1. The predicted octanol–water partition coefficient (Wildman–Crippen LogP) is 1.57. The molecule has 2 aliphatic rings. The number of fused-ring (bicyclic) bond motifs is 1. The van der Waals surface area contributed by atoms with Gasteiger partial charge in [-0.05, 0) is 44.8 Å². The van der Waals surface area contributed by atoms with Crippen molar-refractivity contribution in [3.8, 4) is 0 Å². The Labute approximate surface area is 160 Å². The van der Waals surface area contributed by atoms with Gasteiger partial charge >= 0.3 is 6.18 Å². The van der Waals surface area contributed by atoms with E-state index in [9.17, 15) is 23.1 Å². The standard InChI is InChI=1S/C17H22F3N3O2.CH2O2/c1-22(2)14-5-10-8-23(9-11(10)6-15(14)24)16(25)12-7-21-4-3-13(12)17(18,19)20;2-1-3/h3-4,7,10-11,14-15,24H,5-6,8-9H2,1-2H3;1H,(H,2,3)/t10-,11+,14-,15-;/m1./s1. The van der Waals surface area contributed by atoms with Gasteiger partial charge in [-0.3, -0.25) is 14.6 Å². The van der Waals surface area contributed by atoms with Gasteiger partial charge in [0.05, 0.1) is 17.2 Å². The van der Waals surface area contributed by atoms with Crippen LogP contribution in [0.1, 0.15) is 28.8 Å². The van der Waals surface area contributed by atoms with Crippen molar-refractivity contribution in [2.45, 2.75) is 31.2 Å². The van der Waals surface area contributed by atoms with E-state index in [1.54, 1.807) is 0 Å². The zero-order valence-electron chi connectivity index (χ0n) is 15.6. The number of likely N-dealkylation sites (tertiary alicyclic amines) is 1. The van der Waals surface area contributed by atoms with E-state index in [4.69, 9.17) is 9.90 Å². The number of aromatic nitrogens is 1. The molecule has 2 N–H and O–H groups in total. The Balaban J connectivity index is 0.000000878. The van der Waals surface area contributed by atoms with Gasteiger partial charge in [-0.25, -0.2) is 0 Å². The van der Waals surface area contributed by atoms with Gasteiger partial charge in [-0.15, -0.1) is 0 Å². The summed E-state index contributed by atoms with van der Waals surface area (Å²) >= 11 is 0. The van der Waals surface area contributed by atoms with Crippen molar-refractivity contribution in [3.63, 3.8) is 0 Å². The van der Waals surface area contributed by atoms with Crippen LogP contribution in [0.25, 0.3) is 0 Å². The minimum atomic E-state index is -4.59. The molecule has 1 saturated carbocycles. The molecule has 0 spiro atoms. The van der Waals surface area contributed by atoms with Gasteiger partial charge in [0.25, 0.3) is 12.4 Å². The number of carbonyl (C=O) groups is 2. The fraction of sp³-hybridized carbons (Fsp3) is 0.611. The number of likely N-dealkylation sites (N-methyl/N-ethyl adjacent to an activating group) is 1. The molecule has 0 unspecified atom stereocenters. The van der Waals surface area contributed by atoms with Gasteiger partial charge in [0.1, 0.15) is 0 Å². The number of halogens is 3. The highest BCUT2D eigenvalue weighted by molar-refractivity contribution is 5.95. The molecule has 10 heteroatoms. The lowest BCUT2D eigenvalue weighted by Gasteiger charge is -2.38. The maximum absolute atomic E-state index is 13.1. The highest BCUT2D eigenvalue weighted by Crippen LogP contribution is 2.39. The fourth-order valence-corrected chi connectivity index (χ4v) is 4.11. The first-order valence-corrected chi connectivity index (χ1v) is 8.83. The van der Waals surface area contributed by atoms with Crippen molar-refractivity contribution in [1.29, 1.82) is 0 Å². The zero-order chi connectivity index (χ0) is 21.1. The molecule has 1 saturated heterocycles. The van der Waals surface area contributed by atoms with Crippen molar-refractivity contribution in [2.24, 2.45) is 11.8 Å². The Kier molecular flexibility index (Phi) is 7.00. The number of amides is 1. The van der Waals surface area contributed by atoms with E-state index in [0.717, 1.165) is 24.9 Å². The summed E-state index contributed by atoms with van der Waals surface area (Å²) in [5.74, 6) is -0.308. The Morgan fingerprint density at radius 1 is 1.29 bits per heavy atom. The van der Waals surface area contributed by atoms with Gasteiger partial charge in [0, 0.05) is 31.5 Å². The first kappa shape index (κ1) is 22.1. The topological polar surface area (TPSA) is 94.0 Å². The molecule has 1 aliphatic heterocycles. The van der Waals surface area contributed by atoms with Crippen LogP contribution in [0.2, 0.25) is 0 Å². The molecule has 156 valence electrons. The highest BCUT2D eigenvalue weighted by atomic mass is 19.4. The molecule has 1 aliphatic carbocycles. The maximum Gasteiger partial charge on any atom is 0.417 e. The summed E-state index contributed by atoms with van der Waals surface area (Å²) < 4.78 is 39.4. The zero-order valence-corrected chi connectivity index (χ0v) is 15.6. The van der Waals surface area contributed by atoms with Gasteiger partial charge in [0.15, 0.2) is 0 Å². The minimum Gasteiger partial charge on any atom is -0.483 e. The number of rotatable bonds is 2. The number of hydrogen-bond donors (Lipinski definition) is 2. The average Bonchev–Trinajstić information content (AvgIpc) is 3.03. The number of alkyl halides is 3. The minimum absolute atomic E-state index is 0.0143. The van der Waals surface area contributed by atoms with Crippen LogP contribution in [0.4, 0.5) is 13.2 Å². The molecule has 0 radical (unpaired) electrons. The normalized spacial score (nSPS) is 27.0. The third-order valence-electron chi connectivity index (χ3n) is 5.42. The average molecular weight is 403 g/mol. The number of pyridine rings is 1. The summed E-state index contributed by atoms with van der Waals surface area (Å²) in [6.07, 6.45) is -1.73. The van der Waals surface area contributed by atoms with Crippen LogP contribution in [0.3, 0.4) is 0 Å². The number of hydrogen-bond acceptors (Lipinski definition) is 5. The predicted molar refractivity (Wildman–Crippen MR) is 93.5 cm³/mol. The van der Waals surface area contributed by atoms with Crippen LogP contribution < -0.4 is 0 Å². The summed E-state index contributed by atoms with van der Waals surface area (Å²) in [4.78, 5) is 28.2. The molecular weight excluding hydrogens is 379 g/mol. The molecule has 1 aromatic heterocycles. The largest absolute Gasteiger partial charge is 0.483 e. The van der Waals surface area contributed by atoms with E-state index in [1.165, 1.54) is 4.90 Å². The molecule has 3 rings (SSSR count). The first-order chi connectivity index (χ1) is 13.1. The van der Waals surface area contributed by atoms with Crippen LogP contribution in [0.5, 0.6) is 0 Å². The molecule has 2 fully saturated rings. The van der Waals surface area contributed by atoms with E-state index >= 15 is 0 Å². The Hall–Kier alpha value is -2.20. The van der Waals surface area contributed by atoms with Gasteiger partial charge in [-0.2, -0.15) is 13.2 Å². The monoisotopic (exact) mass is 403 g/mol. The number of aliphatic hydroxyl groups is 1. The lowest BCUT2D eigenvalue weighted by molar-refractivity contribution is -0.138. The number of carbonyl (C=O) groups excluding carboxylic acids is 1. The van der Waals surface area contributed by atoms with E-state index in [-0.39, 0.29) is 24.3 Å². The third kappa shape index (κ3) is 4.79. The van der Waals surface area contributed by atoms with Crippen molar-refractivity contribution in [2.75, 3.05) is 27.2 Å². The summed E-state index contributed by atoms with van der Waals surface area (Å²) in [7, 11) is 3.80. The van der Waals surface area contributed by atoms with Crippen molar-refractivity contribution in [3.05, 3.63) is 29.6 Å². The summed E-state index contributed by atoms with van der Waals surface area (Å²) in [6, 6.07) is 0.850. The highest BCUT2D eigenvalue weighted by Gasteiger charge is 2.45. The lowest BCUT2D eigenvalue weighted by atomic mass is 9.77. The molecule has 4 atom stereocenters. The number of nitrogens with zero attached hydrogens (tertiary/aromatic N) is 3. The van der Waals surface area contributed by atoms with Gasteiger partial charge in [-0.1, -0.05) is 0 Å². The molecule has 28 heavy (non-hydrogen) atoms. The number of carboxylic acid groups (broad SMARTS) is 1. The van der Waals surface area contributed by atoms with E-state index < -0.39 is 29.3 Å². The van der Waals surface area contributed by atoms with Crippen LogP contribution in [0, 0.1) is 11.8 Å². The lowest BCUT2D eigenvalue weighted by Crippen LogP contribution is -2.46. The van der Waals surface area contributed by atoms with Crippen LogP contribution >= 0.6 is 0 Å². The first-order valence-electron chi connectivity index (χ1n) is 8.83. The third-order valence-corrected chi connectivity index (χ3v) is 5.42. The second-order valence-corrected chi connectivity index (χ2v) is 7.32. The Morgan fingerprint density at radius 2 is 1.86 bits per heavy atom. The molecule has 1 amide bonds. The van der Waals surface area contributed by atoms with Crippen LogP contribution in [-0.4, -0.2) is 76.7 Å². The second-order valence-electron chi connectivity index (χ2n) is 7.32. The van der Waals surface area contributed by atoms with E-state index in [2.05, 4.69) is 4.98 Å². The van der Waals surface area contributed by atoms with E-state index in [0.29, 0.717) is 19.5 Å². The molecule has 0 aromatic carbocycles.